The fourth-order valence-corrected chi connectivity index (χ4v) is 10.0. The minimum atomic E-state index is 0.888. The first kappa shape index (κ1) is 7.44. The van der Waals surface area contributed by atoms with Crippen molar-refractivity contribution >= 4 is 0 Å². The molecule has 8 rings (SSSR count). The quantitative estimate of drug-likeness (QED) is 0.578. The summed E-state index contributed by atoms with van der Waals surface area (Å²) in [6.45, 7) is 2.75. The van der Waals surface area contributed by atoms with E-state index in [1.165, 1.54) is 53.3 Å². The Labute approximate surface area is 97.2 Å². The molecule has 11 unspecified atom stereocenters. The highest BCUT2D eigenvalue weighted by Crippen LogP contribution is 2.98. The third-order valence-electron chi connectivity index (χ3n) is 9.79. The van der Waals surface area contributed by atoms with E-state index in [2.05, 4.69) is 6.92 Å². The van der Waals surface area contributed by atoms with Gasteiger partial charge in [-0.05, 0) is 89.8 Å². The summed E-state index contributed by atoms with van der Waals surface area (Å²) in [6, 6.07) is 0. The van der Waals surface area contributed by atoms with Gasteiger partial charge in [0.05, 0.1) is 0 Å². The summed E-state index contributed by atoms with van der Waals surface area (Å²) in [5.41, 5.74) is 1.87. The summed E-state index contributed by atoms with van der Waals surface area (Å²) >= 11 is 0. The van der Waals surface area contributed by atoms with Crippen LogP contribution in [0.25, 0.3) is 0 Å². The Bertz CT molecular complexity index is 459. The van der Waals surface area contributed by atoms with Crippen LogP contribution in [-0.4, -0.2) is 0 Å². The third kappa shape index (κ3) is 0.352. The summed E-state index contributed by atoms with van der Waals surface area (Å²) < 4.78 is 0. The second-order valence-corrected chi connectivity index (χ2v) is 8.82. The summed E-state index contributed by atoms with van der Waals surface area (Å²) in [7, 11) is 0. The molecule has 0 amide bonds. The topological polar surface area (TPSA) is 0 Å². The van der Waals surface area contributed by atoms with Gasteiger partial charge in [-0.1, -0.05) is 6.92 Å². The summed E-state index contributed by atoms with van der Waals surface area (Å²) in [4.78, 5) is 0. The lowest BCUT2D eigenvalue weighted by Gasteiger charge is -2.73. The number of hydrogen-bond acceptors (Lipinski definition) is 0. The van der Waals surface area contributed by atoms with Crippen molar-refractivity contribution in [1.82, 2.24) is 0 Å². The lowest BCUT2D eigenvalue weighted by atomic mass is 9.31. The Kier molecular flexibility index (Phi) is 0.739. The van der Waals surface area contributed by atoms with Crippen molar-refractivity contribution in [2.24, 2.45) is 64.1 Å². The van der Waals surface area contributed by atoms with E-state index >= 15 is 0 Å². The van der Waals surface area contributed by atoms with Gasteiger partial charge in [0.2, 0.25) is 0 Å². The van der Waals surface area contributed by atoms with Crippen molar-refractivity contribution in [2.45, 2.75) is 32.6 Å². The Hall–Kier alpha value is 0. The second kappa shape index (κ2) is 1.59. The summed E-state index contributed by atoms with van der Waals surface area (Å²) in [5.74, 6) is 11.2. The molecule has 8 fully saturated rings. The third-order valence-corrected chi connectivity index (χ3v) is 9.79. The zero-order valence-electron chi connectivity index (χ0n) is 10.0. The first-order valence-corrected chi connectivity index (χ1v) is 7.79. The molecule has 0 aromatic rings. The van der Waals surface area contributed by atoms with Crippen LogP contribution in [0.15, 0.2) is 0 Å². The van der Waals surface area contributed by atoms with Gasteiger partial charge < -0.3 is 0 Å². The monoisotopic (exact) mass is 212 g/mol. The Morgan fingerprint density at radius 2 is 1.69 bits per heavy atom. The van der Waals surface area contributed by atoms with Crippen LogP contribution in [0.3, 0.4) is 0 Å². The molecular weight excluding hydrogens is 192 g/mol. The van der Waals surface area contributed by atoms with Crippen molar-refractivity contribution in [3.63, 3.8) is 0 Å². The smallest absolute Gasteiger partial charge is 0.0175 e. The van der Waals surface area contributed by atoms with E-state index in [9.17, 15) is 0 Å². The first-order chi connectivity index (χ1) is 7.79. The van der Waals surface area contributed by atoms with Crippen LogP contribution in [-0.2, 0) is 0 Å². The van der Waals surface area contributed by atoms with Gasteiger partial charge in [-0.2, -0.15) is 0 Å². The molecule has 0 heterocycles. The van der Waals surface area contributed by atoms with Crippen molar-refractivity contribution in [2.75, 3.05) is 0 Å². The normalized spacial score (nSPS) is 90.9. The molecule has 0 heteroatoms. The van der Waals surface area contributed by atoms with Crippen molar-refractivity contribution in [3.8, 4) is 0 Å². The molecule has 8 aliphatic carbocycles. The highest BCUT2D eigenvalue weighted by molar-refractivity contribution is 5.40. The molecule has 11 atom stereocenters. The molecule has 8 saturated carbocycles. The van der Waals surface area contributed by atoms with Gasteiger partial charge in [-0.3, -0.25) is 0 Å². The molecule has 0 N–H and O–H groups in total. The molecule has 0 aromatic heterocycles. The van der Waals surface area contributed by atoms with Crippen LogP contribution < -0.4 is 0 Å². The molecule has 6 bridgehead atoms. The average molecular weight is 212 g/mol. The molecule has 0 aliphatic heterocycles. The molecule has 8 aliphatic rings. The molecule has 0 saturated heterocycles. The highest BCUT2D eigenvalue weighted by atomic mass is 15.0. The lowest BCUT2D eigenvalue weighted by Crippen LogP contribution is -2.69. The Morgan fingerprint density at radius 3 is 2.56 bits per heavy atom. The minimum Gasteiger partial charge on any atom is -0.0588 e. The predicted molar refractivity (Wildman–Crippen MR) is 60.4 cm³/mol. The number of hydrogen-bond donors (Lipinski definition) is 0. The zero-order valence-corrected chi connectivity index (χ0v) is 10.0. The summed E-state index contributed by atoms with van der Waals surface area (Å²) in [5, 5.41) is 0. The average Bonchev–Trinajstić information content (AvgIpc) is 2.46. The van der Waals surface area contributed by atoms with E-state index in [1.54, 1.807) is 25.7 Å². The van der Waals surface area contributed by atoms with E-state index in [4.69, 9.17) is 0 Å². The van der Waals surface area contributed by atoms with Gasteiger partial charge in [0, 0.05) is 0 Å². The Balaban J connectivity index is 1.63. The zero-order chi connectivity index (χ0) is 10.0. The predicted octanol–water partition coefficient (Wildman–Crippen LogP) is 3.18. The standard InChI is InChI=1S/C16H20/c1-15-11-5-7-4-10-14(15)12-8-2-6(16(7,10)11)3-9(8)13(12)15/h6-14H,2-5H2,1H3. The maximum Gasteiger partial charge on any atom is -0.0175 e. The van der Waals surface area contributed by atoms with E-state index in [0.717, 1.165) is 10.8 Å². The maximum atomic E-state index is 2.75. The van der Waals surface area contributed by atoms with Crippen molar-refractivity contribution < 1.29 is 0 Å². The first-order valence-electron chi connectivity index (χ1n) is 7.79. The van der Waals surface area contributed by atoms with E-state index in [1.807, 2.05) is 0 Å². The van der Waals surface area contributed by atoms with Crippen LogP contribution in [0.5, 0.6) is 0 Å². The minimum absolute atomic E-state index is 0.888. The van der Waals surface area contributed by atoms with E-state index in [0.29, 0.717) is 0 Å². The molecule has 0 aromatic carbocycles. The maximum absolute atomic E-state index is 2.75. The molecule has 0 nitrogen and oxygen atoms in total. The van der Waals surface area contributed by atoms with Crippen molar-refractivity contribution in [3.05, 3.63) is 0 Å². The van der Waals surface area contributed by atoms with Crippen LogP contribution in [0.1, 0.15) is 32.6 Å². The molecular formula is C16H20. The van der Waals surface area contributed by atoms with Crippen LogP contribution in [0, 0.1) is 64.1 Å². The molecule has 1 spiro atoms. The van der Waals surface area contributed by atoms with Crippen molar-refractivity contribution in [1.29, 1.82) is 0 Å². The van der Waals surface area contributed by atoms with Gasteiger partial charge in [-0.25, -0.2) is 0 Å². The molecule has 84 valence electrons. The van der Waals surface area contributed by atoms with Crippen LogP contribution in [0.4, 0.5) is 0 Å². The second-order valence-electron chi connectivity index (χ2n) is 8.82. The van der Waals surface area contributed by atoms with Gasteiger partial charge in [0.1, 0.15) is 0 Å². The lowest BCUT2D eigenvalue weighted by molar-refractivity contribution is -0.259. The van der Waals surface area contributed by atoms with E-state index in [-0.39, 0.29) is 0 Å². The largest absolute Gasteiger partial charge is 0.0588 e. The van der Waals surface area contributed by atoms with Gasteiger partial charge >= 0.3 is 0 Å². The van der Waals surface area contributed by atoms with E-state index < -0.39 is 0 Å². The van der Waals surface area contributed by atoms with Crippen LogP contribution in [0.2, 0.25) is 0 Å². The van der Waals surface area contributed by atoms with Gasteiger partial charge in [-0.15, -0.1) is 0 Å². The fourth-order valence-electron chi connectivity index (χ4n) is 10.0. The highest BCUT2D eigenvalue weighted by Gasteiger charge is 2.93. The van der Waals surface area contributed by atoms with Gasteiger partial charge in [0.15, 0.2) is 0 Å². The van der Waals surface area contributed by atoms with Gasteiger partial charge in [0.25, 0.3) is 0 Å². The Morgan fingerprint density at radius 1 is 0.875 bits per heavy atom. The number of rotatable bonds is 0. The SMILES string of the molecule is CC12C3C4CC5CC4C3C1C1CC3CC2C531. The summed E-state index contributed by atoms with van der Waals surface area (Å²) in [6.07, 6.45) is 6.73. The fraction of sp³-hybridized carbons (Fsp3) is 1.00. The molecule has 0 radical (unpaired) electrons. The van der Waals surface area contributed by atoms with Crippen LogP contribution >= 0.6 is 0 Å². The molecule has 16 heavy (non-hydrogen) atoms.